The third-order valence-electron chi connectivity index (χ3n) is 10.7. The van der Waals surface area contributed by atoms with E-state index in [-0.39, 0.29) is 0 Å². The lowest BCUT2D eigenvalue weighted by atomic mass is 9.63. The average Bonchev–Trinajstić information content (AvgIpc) is 3.29. The smallest absolute Gasteiger partial charge is 0.164 e. The molecule has 0 radical (unpaired) electrons. The van der Waals surface area contributed by atoms with Gasteiger partial charge in [-0.2, -0.15) is 0 Å². The first-order chi connectivity index (χ1) is 27.7. The molecule has 0 amide bonds. The summed E-state index contributed by atoms with van der Waals surface area (Å²) in [4.78, 5) is 14.9. The van der Waals surface area contributed by atoms with Gasteiger partial charge in [0.1, 0.15) is 11.5 Å². The Kier molecular flexibility index (Phi) is 8.34. The molecular weight excluding hydrogens is 683 g/mol. The molecule has 56 heavy (non-hydrogen) atoms. The van der Waals surface area contributed by atoms with Gasteiger partial charge in [0.15, 0.2) is 17.5 Å². The van der Waals surface area contributed by atoms with Gasteiger partial charge in [0.05, 0.1) is 5.41 Å². The van der Waals surface area contributed by atoms with Gasteiger partial charge in [0, 0.05) is 27.8 Å². The number of para-hydroxylation sites is 2. The monoisotopic (exact) mass is 717 g/mol. The summed E-state index contributed by atoms with van der Waals surface area (Å²) in [5.41, 5.74) is 11.3. The summed E-state index contributed by atoms with van der Waals surface area (Å²) in [5.74, 6) is 3.65. The van der Waals surface area contributed by atoms with Crippen LogP contribution in [0, 0.1) is 0 Å². The largest absolute Gasteiger partial charge is 0.457 e. The van der Waals surface area contributed by atoms with E-state index >= 15 is 0 Å². The summed E-state index contributed by atoms with van der Waals surface area (Å²) in [6.07, 6.45) is 0. The van der Waals surface area contributed by atoms with Crippen molar-refractivity contribution >= 4 is 0 Å². The van der Waals surface area contributed by atoms with Crippen LogP contribution in [0.2, 0.25) is 0 Å². The lowest BCUT2D eigenvalue weighted by molar-refractivity contribution is 0.434. The molecule has 0 saturated heterocycles. The summed E-state index contributed by atoms with van der Waals surface area (Å²) in [5, 5.41) is 0. The van der Waals surface area contributed by atoms with Crippen molar-refractivity contribution in [3.05, 3.63) is 235 Å². The summed E-state index contributed by atoms with van der Waals surface area (Å²) >= 11 is 0. The van der Waals surface area contributed by atoms with Gasteiger partial charge in [-0.05, 0) is 63.7 Å². The maximum atomic E-state index is 6.54. The fraction of sp³-hybridized carbons (Fsp3) is 0.0192. The van der Waals surface area contributed by atoms with Gasteiger partial charge < -0.3 is 4.74 Å². The topological polar surface area (TPSA) is 47.9 Å². The van der Waals surface area contributed by atoms with Crippen LogP contribution in [0.25, 0.3) is 56.4 Å². The molecule has 0 spiro atoms. The Morgan fingerprint density at radius 3 is 1.18 bits per heavy atom. The van der Waals surface area contributed by atoms with Crippen molar-refractivity contribution < 1.29 is 4.74 Å². The van der Waals surface area contributed by atoms with Crippen LogP contribution in [0.4, 0.5) is 0 Å². The van der Waals surface area contributed by atoms with Crippen LogP contribution in [0.3, 0.4) is 0 Å². The van der Waals surface area contributed by atoms with Crippen LogP contribution in [0.15, 0.2) is 212 Å². The first kappa shape index (κ1) is 33.2. The standard InChI is InChI=1S/C52H35N3O/c1-4-17-36(18-5-1)49-53-50(37-19-6-2-7-20-37)55-51(54-49)42-25-15-23-40(34-42)38-21-14-22-39(33-38)41-24-16-28-44(35-41)52(43-26-8-3-9-27-43)45-29-10-12-31-47(45)56-48-32-13-11-30-46(48)52/h1-35H. The minimum Gasteiger partial charge on any atom is -0.457 e. The summed E-state index contributed by atoms with van der Waals surface area (Å²) in [7, 11) is 0. The molecule has 10 rings (SSSR count). The normalized spacial score (nSPS) is 12.6. The van der Waals surface area contributed by atoms with E-state index in [1.165, 1.54) is 11.1 Å². The molecule has 0 aliphatic carbocycles. The second-order valence-corrected chi connectivity index (χ2v) is 14.0. The Morgan fingerprint density at radius 1 is 0.286 bits per heavy atom. The Labute approximate surface area is 326 Å². The predicted octanol–water partition coefficient (Wildman–Crippen LogP) is 12.7. The van der Waals surface area contributed by atoms with Crippen molar-refractivity contribution in [2.24, 2.45) is 0 Å². The molecule has 4 heteroatoms. The van der Waals surface area contributed by atoms with Crippen molar-refractivity contribution in [1.29, 1.82) is 0 Å². The van der Waals surface area contributed by atoms with Crippen LogP contribution in [0.1, 0.15) is 22.3 Å². The highest BCUT2D eigenvalue weighted by atomic mass is 16.5. The maximum Gasteiger partial charge on any atom is 0.164 e. The van der Waals surface area contributed by atoms with E-state index in [0.29, 0.717) is 17.5 Å². The highest BCUT2D eigenvalue weighted by Crippen LogP contribution is 2.55. The number of hydrogen-bond acceptors (Lipinski definition) is 4. The zero-order valence-corrected chi connectivity index (χ0v) is 30.5. The molecule has 1 aromatic heterocycles. The van der Waals surface area contributed by atoms with E-state index in [1.54, 1.807) is 0 Å². The van der Waals surface area contributed by atoms with Crippen LogP contribution in [0.5, 0.6) is 11.5 Å². The number of nitrogens with zero attached hydrogens (tertiary/aromatic N) is 3. The van der Waals surface area contributed by atoms with Gasteiger partial charge in [-0.3, -0.25) is 0 Å². The number of rotatable bonds is 7. The van der Waals surface area contributed by atoms with Crippen molar-refractivity contribution in [3.63, 3.8) is 0 Å². The fourth-order valence-electron chi connectivity index (χ4n) is 8.06. The van der Waals surface area contributed by atoms with Crippen molar-refractivity contribution in [3.8, 4) is 67.9 Å². The summed E-state index contributed by atoms with van der Waals surface area (Å²) in [6.45, 7) is 0. The molecule has 2 heterocycles. The SMILES string of the molecule is c1ccc(-c2nc(-c3ccccc3)nc(-c3cccc(-c4cccc(-c5cccc(C6(c7ccccc7)c7ccccc7Oc7ccccc76)c5)c4)c3)n2)cc1. The zero-order valence-electron chi connectivity index (χ0n) is 30.5. The van der Waals surface area contributed by atoms with Gasteiger partial charge >= 0.3 is 0 Å². The Morgan fingerprint density at radius 2 is 0.643 bits per heavy atom. The minimum atomic E-state index is -0.587. The Hall–Kier alpha value is -7.43. The molecule has 1 aliphatic heterocycles. The zero-order chi connectivity index (χ0) is 37.3. The number of fused-ring (bicyclic) bond motifs is 2. The fourth-order valence-corrected chi connectivity index (χ4v) is 8.06. The molecule has 4 nitrogen and oxygen atoms in total. The van der Waals surface area contributed by atoms with Gasteiger partial charge in [-0.15, -0.1) is 0 Å². The third-order valence-corrected chi connectivity index (χ3v) is 10.7. The number of hydrogen-bond donors (Lipinski definition) is 0. The highest BCUT2D eigenvalue weighted by Gasteiger charge is 2.45. The molecule has 8 aromatic carbocycles. The number of benzene rings is 8. The molecule has 0 fully saturated rings. The average molecular weight is 718 g/mol. The second-order valence-electron chi connectivity index (χ2n) is 14.0. The van der Waals surface area contributed by atoms with Crippen LogP contribution >= 0.6 is 0 Å². The number of aromatic nitrogens is 3. The molecule has 0 atom stereocenters. The van der Waals surface area contributed by atoms with Crippen molar-refractivity contribution in [2.45, 2.75) is 5.41 Å². The highest BCUT2D eigenvalue weighted by molar-refractivity contribution is 5.78. The van der Waals surface area contributed by atoms with Gasteiger partial charge in [-0.25, -0.2) is 15.0 Å². The van der Waals surface area contributed by atoms with Crippen LogP contribution in [-0.4, -0.2) is 15.0 Å². The molecule has 264 valence electrons. The quantitative estimate of drug-likeness (QED) is 0.165. The molecule has 9 aromatic rings. The van der Waals surface area contributed by atoms with Gasteiger partial charge in [-0.1, -0.05) is 182 Å². The van der Waals surface area contributed by atoms with Gasteiger partial charge in [0.2, 0.25) is 0 Å². The van der Waals surface area contributed by atoms with Crippen molar-refractivity contribution in [2.75, 3.05) is 0 Å². The number of ether oxygens (including phenoxy) is 1. The molecule has 0 unspecified atom stereocenters. The lowest BCUT2D eigenvalue weighted by Gasteiger charge is -2.41. The molecule has 0 saturated carbocycles. The van der Waals surface area contributed by atoms with E-state index in [1.807, 2.05) is 72.8 Å². The van der Waals surface area contributed by atoms with E-state index in [0.717, 1.165) is 61.6 Å². The summed E-state index contributed by atoms with van der Waals surface area (Å²) in [6, 6.07) is 74.1. The maximum absolute atomic E-state index is 6.54. The van der Waals surface area contributed by atoms with Crippen molar-refractivity contribution in [1.82, 2.24) is 15.0 Å². The summed E-state index contributed by atoms with van der Waals surface area (Å²) < 4.78 is 6.54. The Bertz CT molecular complexity index is 2730. The van der Waals surface area contributed by atoms with Crippen LogP contribution < -0.4 is 4.74 Å². The Balaban J connectivity index is 1.07. The lowest BCUT2D eigenvalue weighted by Crippen LogP contribution is -2.34. The first-order valence-electron chi connectivity index (χ1n) is 18.9. The molecule has 1 aliphatic rings. The van der Waals surface area contributed by atoms with E-state index in [2.05, 4.69) is 140 Å². The van der Waals surface area contributed by atoms with Gasteiger partial charge in [0.25, 0.3) is 0 Å². The van der Waals surface area contributed by atoms with E-state index in [4.69, 9.17) is 19.7 Å². The minimum absolute atomic E-state index is 0.587. The predicted molar refractivity (Wildman–Crippen MR) is 225 cm³/mol. The van der Waals surface area contributed by atoms with E-state index < -0.39 is 5.41 Å². The first-order valence-corrected chi connectivity index (χ1v) is 18.9. The van der Waals surface area contributed by atoms with Crippen LogP contribution in [-0.2, 0) is 5.41 Å². The molecule has 0 N–H and O–H groups in total. The molecule has 0 bridgehead atoms. The molecular formula is C52H35N3O. The second kappa shape index (κ2) is 14.1. The van der Waals surface area contributed by atoms with E-state index in [9.17, 15) is 0 Å². The third kappa shape index (κ3) is 5.85.